The van der Waals surface area contributed by atoms with Crippen LogP contribution in [0, 0.1) is 0 Å². The van der Waals surface area contributed by atoms with Gasteiger partial charge < -0.3 is 13.0 Å². The Morgan fingerprint density at radius 1 is 0.446 bits per heavy atom. The smallest absolute Gasteiger partial charge is 0.456 e. The van der Waals surface area contributed by atoms with Crippen molar-refractivity contribution in [3.63, 3.8) is 0 Å². The van der Waals surface area contributed by atoms with Crippen LogP contribution < -0.4 is 4.18 Å². The molecule has 5 nitrogen and oxygen atoms in total. The third kappa shape index (κ3) is 7.65. The number of halogens is 11. The largest absolute Gasteiger partial charge is 0.460 e. The van der Waals surface area contributed by atoms with Gasteiger partial charge in [-0.15, -0.1) is 0 Å². The van der Waals surface area contributed by atoms with Gasteiger partial charge in [0.15, 0.2) is 5.75 Å². The topological polar surface area (TPSA) is 69.7 Å². The van der Waals surface area contributed by atoms with Crippen LogP contribution in [0.15, 0.2) is 148 Å². The number of hydrogen-bond donors (Lipinski definition) is 0. The maximum atomic E-state index is 13.9. The second kappa shape index (κ2) is 17.1. The maximum Gasteiger partial charge on any atom is 0.460 e. The summed E-state index contributed by atoms with van der Waals surface area (Å²) in [6.07, 6.45) is -7.19. The fourth-order valence-corrected chi connectivity index (χ4v) is 9.13. The van der Waals surface area contributed by atoms with Crippen molar-refractivity contribution in [1.82, 2.24) is 0 Å². The maximum absolute atomic E-state index is 13.9. The van der Waals surface area contributed by atoms with Gasteiger partial charge in [-0.1, -0.05) is 114 Å². The first-order valence-electron chi connectivity index (χ1n) is 18.4. The van der Waals surface area contributed by atoms with Crippen LogP contribution in [0.4, 0.5) is 39.5 Å². The Hall–Kier alpha value is -4.78. The summed E-state index contributed by atoms with van der Waals surface area (Å²) in [6.45, 7) is 0. The first kappa shape index (κ1) is 48.2. The van der Waals surface area contributed by atoms with E-state index >= 15 is 0 Å². The molecule has 0 aliphatic heterocycles. The molecule has 65 heavy (non-hydrogen) atoms. The molecule has 332 valence electrons. The molecule has 0 aliphatic carbocycles. The standard InChI is InChI=1S/C30H17ClO.C16H6ClF9O4S.2W/c31-26-12-6-14-28-30(26)29-19(11-5-13-27(29)32-28)18-15-16-24-22-9-2-1-7-20(22)21-8-3-4-10-23(21)25(24)17-18;17-7-3-1-4-8-11(7)12-9(29-8)5-2-6-10(12)30-31(27,28)16(25,26)14(20,21)13(18,19)15(22,23)24;;/h1-17H;1-6H;;. The number of rotatable bonds is 6. The molecule has 0 atom stereocenters. The van der Waals surface area contributed by atoms with Gasteiger partial charge in [-0.2, -0.15) is 47.9 Å². The molecule has 2 aromatic heterocycles. The molecule has 0 saturated heterocycles. The van der Waals surface area contributed by atoms with Crippen molar-refractivity contribution in [3.05, 3.63) is 150 Å². The molecule has 0 aliphatic rings. The van der Waals surface area contributed by atoms with Gasteiger partial charge >= 0.3 is 33.4 Å². The van der Waals surface area contributed by atoms with E-state index < -0.39 is 44.5 Å². The van der Waals surface area contributed by atoms with E-state index in [1.165, 1.54) is 56.6 Å². The second-order valence-corrected chi connectivity index (χ2v) is 16.7. The van der Waals surface area contributed by atoms with E-state index in [2.05, 4.69) is 83.0 Å². The molecule has 2 heterocycles. The molecular weight excluding hydrogens is 1270 g/mol. The quantitative estimate of drug-likeness (QED) is 0.0943. The molecule has 0 amide bonds. The third-order valence-electron chi connectivity index (χ3n) is 10.6. The number of hydrogen-bond acceptors (Lipinski definition) is 5. The average molecular weight is 1300 g/mol. The molecule has 0 spiro atoms. The zero-order chi connectivity index (χ0) is 44.9. The van der Waals surface area contributed by atoms with Crippen molar-refractivity contribution >= 4 is 110 Å². The normalized spacial score (nSPS) is 12.7. The Bertz CT molecular complexity index is 3560. The zero-order valence-electron chi connectivity index (χ0n) is 32.2. The molecule has 10 aromatic rings. The zero-order valence-corrected chi connectivity index (χ0v) is 40.4. The van der Waals surface area contributed by atoms with Gasteiger partial charge in [0.05, 0.1) is 20.8 Å². The summed E-state index contributed by atoms with van der Waals surface area (Å²) >= 11 is 12.6. The Balaban J connectivity index is 0.000000188. The molecule has 8 aromatic carbocycles. The molecule has 0 radical (unpaired) electrons. The molecule has 0 saturated carbocycles. The van der Waals surface area contributed by atoms with E-state index in [1.807, 2.05) is 24.3 Å². The Labute approximate surface area is 399 Å². The van der Waals surface area contributed by atoms with Crippen LogP contribution in [-0.4, -0.2) is 31.7 Å². The first-order valence-corrected chi connectivity index (χ1v) is 20.6. The van der Waals surface area contributed by atoms with Crippen LogP contribution >= 0.6 is 23.2 Å². The van der Waals surface area contributed by atoms with Gasteiger partial charge in [-0.3, -0.25) is 0 Å². The van der Waals surface area contributed by atoms with Gasteiger partial charge in [0.2, 0.25) is 0 Å². The summed E-state index contributed by atoms with van der Waals surface area (Å²) in [6, 6.07) is 42.9. The number of fused-ring (bicyclic) bond motifs is 12. The number of alkyl halides is 9. The van der Waals surface area contributed by atoms with Crippen molar-refractivity contribution in [2.45, 2.75) is 23.3 Å². The van der Waals surface area contributed by atoms with Gasteiger partial charge in [0.25, 0.3) is 0 Å². The summed E-state index contributed by atoms with van der Waals surface area (Å²) in [5.74, 6) is -15.9. The Kier molecular flexibility index (Phi) is 12.7. The first-order chi connectivity index (χ1) is 29.7. The van der Waals surface area contributed by atoms with E-state index in [0.717, 1.165) is 39.1 Å². The SMILES string of the molecule is Clc1cccc2oc3cccc(-c4ccc5c6ccccc6c6ccccc6c5c4)c3c12.O=S(=O)(Oc1cccc2oc3cccc(Cl)c3c12)C(F)(F)C(F)(F)C(F)(F)C(F)(F)F.[W].[W]. The average Bonchev–Trinajstić information content (AvgIpc) is 3.84. The van der Waals surface area contributed by atoms with Crippen molar-refractivity contribution in [2.75, 3.05) is 0 Å². The molecule has 0 unspecified atom stereocenters. The summed E-state index contributed by atoms with van der Waals surface area (Å²) in [5.41, 5.74) is 3.72. The van der Waals surface area contributed by atoms with Crippen LogP contribution in [0.2, 0.25) is 10.0 Å². The summed E-state index contributed by atoms with van der Waals surface area (Å²) in [5, 5.41) is 2.75. The summed E-state index contributed by atoms with van der Waals surface area (Å²) < 4.78 is 157. The predicted octanol–water partition coefficient (Wildman–Crippen LogP) is 15.7. The van der Waals surface area contributed by atoms with Crippen molar-refractivity contribution in [1.29, 1.82) is 0 Å². The molecule has 0 bridgehead atoms. The van der Waals surface area contributed by atoms with Crippen LogP contribution in [0.3, 0.4) is 0 Å². The van der Waals surface area contributed by atoms with Gasteiger partial charge in [0.1, 0.15) is 22.3 Å². The van der Waals surface area contributed by atoms with Gasteiger partial charge in [0, 0.05) is 52.9 Å². The molecule has 19 heteroatoms. The minimum atomic E-state index is -7.42. The van der Waals surface area contributed by atoms with Crippen molar-refractivity contribution < 1.29 is 103 Å². The van der Waals surface area contributed by atoms with Gasteiger partial charge in [-0.25, -0.2) is 0 Å². The van der Waals surface area contributed by atoms with E-state index in [0.29, 0.717) is 11.1 Å². The van der Waals surface area contributed by atoms with Crippen LogP contribution in [0.5, 0.6) is 5.75 Å². The van der Waals surface area contributed by atoms with Crippen LogP contribution in [0.25, 0.3) is 87.3 Å². The minimum Gasteiger partial charge on any atom is -0.456 e. The van der Waals surface area contributed by atoms with Crippen LogP contribution in [0.1, 0.15) is 0 Å². The van der Waals surface area contributed by atoms with E-state index in [9.17, 15) is 47.9 Å². The molecule has 0 N–H and O–H groups in total. The van der Waals surface area contributed by atoms with Crippen LogP contribution in [-0.2, 0) is 52.2 Å². The fraction of sp³-hybridized carbons (Fsp3) is 0.0870. The molecule has 10 rings (SSSR count). The Morgan fingerprint density at radius 2 is 0.862 bits per heavy atom. The van der Waals surface area contributed by atoms with E-state index in [-0.39, 0.29) is 63.7 Å². The Morgan fingerprint density at radius 3 is 1.37 bits per heavy atom. The summed E-state index contributed by atoms with van der Waals surface area (Å²) in [7, 11) is -7.11. The molecular formula is C46H23Cl2F9O5SW2. The monoisotopic (exact) mass is 1300 g/mol. The fourth-order valence-electron chi connectivity index (χ4n) is 7.69. The predicted molar refractivity (Wildman–Crippen MR) is 226 cm³/mol. The minimum absolute atomic E-state index is 0. The summed E-state index contributed by atoms with van der Waals surface area (Å²) in [4.78, 5) is 0. The van der Waals surface area contributed by atoms with Crippen molar-refractivity contribution in [3.8, 4) is 16.9 Å². The number of furan rings is 2. The van der Waals surface area contributed by atoms with Crippen molar-refractivity contribution in [2.24, 2.45) is 0 Å². The van der Waals surface area contributed by atoms with E-state index in [1.54, 1.807) is 0 Å². The number of benzene rings is 8. The van der Waals surface area contributed by atoms with E-state index in [4.69, 9.17) is 32.0 Å². The second-order valence-electron chi connectivity index (χ2n) is 14.3. The van der Waals surface area contributed by atoms with Gasteiger partial charge in [-0.05, 0) is 92.0 Å². The molecule has 0 fully saturated rings. The third-order valence-corrected chi connectivity index (χ3v) is 12.5.